The van der Waals surface area contributed by atoms with Crippen LogP contribution in [0.4, 0.5) is 4.79 Å². The van der Waals surface area contributed by atoms with E-state index < -0.39 is 0 Å². The van der Waals surface area contributed by atoms with Crippen LogP contribution < -0.4 is 5.32 Å². The van der Waals surface area contributed by atoms with E-state index in [4.69, 9.17) is 0 Å². The Hall–Kier alpha value is -0.810. The molecule has 1 atom stereocenters. The summed E-state index contributed by atoms with van der Waals surface area (Å²) in [5, 5.41) is 12.2. The Morgan fingerprint density at radius 1 is 1.41 bits per heavy atom. The molecule has 5 heteroatoms. The second-order valence-electron chi connectivity index (χ2n) is 5.27. The van der Waals surface area contributed by atoms with Crippen LogP contribution in [0.2, 0.25) is 0 Å². The molecule has 2 amide bonds. The van der Waals surface area contributed by atoms with E-state index in [0.29, 0.717) is 6.04 Å². The molecule has 2 N–H and O–H groups in total. The van der Waals surface area contributed by atoms with Crippen LogP contribution in [0.5, 0.6) is 0 Å². The number of urea groups is 1. The van der Waals surface area contributed by atoms with Gasteiger partial charge in [0.05, 0.1) is 6.73 Å². The first-order valence-corrected chi connectivity index (χ1v) is 6.47. The summed E-state index contributed by atoms with van der Waals surface area (Å²) in [6, 6.07) is 0.480. The monoisotopic (exact) mass is 241 g/mol. The van der Waals surface area contributed by atoms with Gasteiger partial charge in [-0.15, -0.1) is 0 Å². The van der Waals surface area contributed by atoms with E-state index in [0.717, 1.165) is 38.8 Å². The molecular formula is C12H23N3O2. The van der Waals surface area contributed by atoms with E-state index in [9.17, 15) is 9.90 Å². The Balaban J connectivity index is 2.00. The van der Waals surface area contributed by atoms with Gasteiger partial charge in [0.2, 0.25) is 0 Å². The molecule has 2 rings (SSSR count). The van der Waals surface area contributed by atoms with Crippen molar-refractivity contribution in [3.63, 3.8) is 0 Å². The van der Waals surface area contributed by atoms with Crippen molar-refractivity contribution in [1.29, 1.82) is 0 Å². The molecule has 0 aromatic carbocycles. The van der Waals surface area contributed by atoms with Crippen LogP contribution in [0.1, 0.15) is 32.6 Å². The number of aliphatic hydroxyl groups excluding tert-OH is 1. The molecule has 98 valence electrons. The molecule has 17 heavy (non-hydrogen) atoms. The van der Waals surface area contributed by atoms with Gasteiger partial charge in [0, 0.05) is 31.7 Å². The molecule has 0 aromatic heterocycles. The minimum Gasteiger partial charge on any atom is -0.381 e. The highest BCUT2D eigenvalue weighted by Gasteiger charge is 2.46. The second kappa shape index (κ2) is 4.82. The standard InChI is InChI=1S/C12H23N3O2/c1-10-3-4-12(15(10)9-16)5-7-14(8-6-12)11(17)13-2/h10,16H,3-9H2,1-2H3,(H,13,17). The molecule has 2 saturated heterocycles. The lowest BCUT2D eigenvalue weighted by Gasteiger charge is -2.45. The molecule has 0 aromatic rings. The van der Waals surface area contributed by atoms with Crippen molar-refractivity contribution in [2.24, 2.45) is 0 Å². The molecule has 1 unspecified atom stereocenters. The largest absolute Gasteiger partial charge is 0.381 e. The van der Waals surface area contributed by atoms with Gasteiger partial charge in [-0.3, -0.25) is 4.90 Å². The Morgan fingerprint density at radius 2 is 2.06 bits per heavy atom. The first kappa shape index (κ1) is 12.6. The van der Waals surface area contributed by atoms with Crippen LogP contribution >= 0.6 is 0 Å². The Bertz CT molecular complexity index is 287. The molecular weight excluding hydrogens is 218 g/mol. The van der Waals surface area contributed by atoms with Crippen molar-refractivity contribution >= 4 is 6.03 Å². The van der Waals surface area contributed by atoms with Crippen molar-refractivity contribution < 1.29 is 9.90 Å². The van der Waals surface area contributed by atoms with E-state index in [1.807, 2.05) is 4.90 Å². The van der Waals surface area contributed by atoms with E-state index in [1.54, 1.807) is 7.05 Å². The third-order valence-electron chi connectivity index (χ3n) is 4.52. The number of rotatable bonds is 1. The summed E-state index contributed by atoms with van der Waals surface area (Å²) in [5.41, 5.74) is 0.138. The number of nitrogens with one attached hydrogen (secondary N) is 1. The third-order valence-corrected chi connectivity index (χ3v) is 4.52. The number of amides is 2. The van der Waals surface area contributed by atoms with Crippen LogP contribution in [-0.4, -0.2) is 59.4 Å². The van der Waals surface area contributed by atoms with Gasteiger partial charge in [-0.1, -0.05) is 0 Å². The van der Waals surface area contributed by atoms with Crippen LogP contribution in [0.25, 0.3) is 0 Å². The van der Waals surface area contributed by atoms with Gasteiger partial charge in [0.1, 0.15) is 0 Å². The number of hydrogen-bond donors (Lipinski definition) is 2. The van der Waals surface area contributed by atoms with Crippen molar-refractivity contribution in [2.75, 3.05) is 26.9 Å². The number of piperidine rings is 1. The maximum atomic E-state index is 11.5. The number of carbonyl (C=O) groups excluding carboxylic acids is 1. The molecule has 5 nitrogen and oxygen atoms in total. The quantitative estimate of drug-likeness (QED) is 0.706. The zero-order valence-electron chi connectivity index (χ0n) is 10.8. The fourth-order valence-electron chi connectivity index (χ4n) is 3.36. The Morgan fingerprint density at radius 3 is 2.59 bits per heavy atom. The van der Waals surface area contributed by atoms with Crippen LogP contribution in [0.3, 0.4) is 0 Å². The molecule has 2 aliphatic rings. The normalized spacial score (nSPS) is 28.6. The third kappa shape index (κ3) is 2.13. The van der Waals surface area contributed by atoms with Crippen molar-refractivity contribution in [3.8, 4) is 0 Å². The fourth-order valence-corrected chi connectivity index (χ4v) is 3.36. The highest BCUT2D eigenvalue weighted by Crippen LogP contribution is 2.40. The zero-order chi connectivity index (χ0) is 12.5. The summed E-state index contributed by atoms with van der Waals surface area (Å²) in [6.07, 6.45) is 4.26. The molecule has 2 aliphatic heterocycles. The van der Waals surface area contributed by atoms with Gasteiger partial charge < -0.3 is 15.3 Å². The maximum Gasteiger partial charge on any atom is 0.317 e. The lowest BCUT2D eigenvalue weighted by Crippen LogP contribution is -2.55. The van der Waals surface area contributed by atoms with E-state index >= 15 is 0 Å². The lowest BCUT2D eigenvalue weighted by atomic mass is 9.85. The predicted molar refractivity (Wildman–Crippen MR) is 65.6 cm³/mol. The number of hydrogen-bond acceptors (Lipinski definition) is 3. The number of aliphatic hydroxyl groups is 1. The maximum absolute atomic E-state index is 11.5. The summed E-state index contributed by atoms with van der Waals surface area (Å²) < 4.78 is 0. The summed E-state index contributed by atoms with van der Waals surface area (Å²) in [7, 11) is 1.67. The number of likely N-dealkylation sites (tertiary alicyclic amines) is 2. The summed E-state index contributed by atoms with van der Waals surface area (Å²) in [6.45, 7) is 3.91. The number of carbonyl (C=O) groups is 1. The molecule has 1 spiro atoms. The summed E-state index contributed by atoms with van der Waals surface area (Å²) in [5.74, 6) is 0. The smallest absolute Gasteiger partial charge is 0.317 e. The SMILES string of the molecule is CNC(=O)N1CCC2(CCC(C)N2CO)CC1. The molecule has 0 saturated carbocycles. The van der Waals surface area contributed by atoms with Crippen molar-refractivity contribution in [3.05, 3.63) is 0 Å². The van der Waals surface area contributed by atoms with Gasteiger partial charge in [-0.25, -0.2) is 4.79 Å². The number of nitrogens with zero attached hydrogens (tertiary/aromatic N) is 2. The summed E-state index contributed by atoms with van der Waals surface area (Å²) >= 11 is 0. The van der Waals surface area contributed by atoms with Crippen molar-refractivity contribution in [2.45, 2.75) is 44.2 Å². The van der Waals surface area contributed by atoms with Gasteiger partial charge in [-0.2, -0.15) is 0 Å². The van der Waals surface area contributed by atoms with Gasteiger partial charge in [0.15, 0.2) is 0 Å². The highest BCUT2D eigenvalue weighted by atomic mass is 16.3. The molecule has 0 bridgehead atoms. The fraction of sp³-hybridized carbons (Fsp3) is 0.917. The van der Waals surface area contributed by atoms with E-state index in [-0.39, 0.29) is 18.3 Å². The molecule has 0 radical (unpaired) electrons. The van der Waals surface area contributed by atoms with E-state index in [2.05, 4.69) is 17.1 Å². The van der Waals surface area contributed by atoms with E-state index in [1.165, 1.54) is 0 Å². The molecule has 2 heterocycles. The second-order valence-corrected chi connectivity index (χ2v) is 5.27. The first-order valence-electron chi connectivity index (χ1n) is 6.47. The average Bonchev–Trinajstić information content (AvgIpc) is 2.66. The van der Waals surface area contributed by atoms with Crippen molar-refractivity contribution in [1.82, 2.24) is 15.1 Å². The molecule has 0 aliphatic carbocycles. The van der Waals surface area contributed by atoms with Gasteiger partial charge >= 0.3 is 6.03 Å². The zero-order valence-corrected chi connectivity index (χ0v) is 10.8. The summed E-state index contributed by atoms with van der Waals surface area (Å²) in [4.78, 5) is 15.6. The van der Waals surface area contributed by atoms with Crippen LogP contribution in [0.15, 0.2) is 0 Å². The molecule has 2 fully saturated rings. The van der Waals surface area contributed by atoms with Crippen LogP contribution in [0, 0.1) is 0 Å². The minimum atomic E-state index is 0.0152. The predicted octanol–water partition coefficient (Wildman–Crippen LogP) is 0.594. The van der Waals surface area contributed by atoms with Gasteiger partial charge in [-0.05, 0) is 32.6 Å². The highest BCUT2D eigenvalue weighted by molar-refractivity contribution is 5.73. The Labute approximate surface area is 103 Å². The lowest BCUT2D eigenvalue weighted by molar-refractivity contribution is -0.0154. The minimum absolute atomic E-state index is 0.0152. The topological polar surface area (TPSA) is 55.8 Å². The van der Waals surface area contributed by atoms with Gasteiger partial charge in [0.25, 0.3) is 0 Å². The Kier molecular flexibility index (Phi) is 3.58. The van der Waals surface area contributed by atoms with Crippen LogP contribution in [-0.2, 0) is 0 Å². The average molecular weight is 241 g/mol. The first-order chi connectivity index (χ1) is 8.13.